The van der Waals surface area contributed by atoms with E-state index in [0.29, 0.717) is 25.9 Å². The van der Waals surface area contributed by atoms with Gasteiger partial charge in [0.2, 0.25) is 0 Å². The van der Waals surface area contributed by atoms with Gasteiger partial charge in [-0.25, -0.2) is 9.59 Å². The highest BCUT2D eigenvalue weighted by molar-refractivity contribution is 5.91. The van der Waals surface area contributed by atoms with Crippen LogP contribution in [0, 0.1) is 5.92 Å². The molecule has 0 saturated carbocycles. The molecule has 1 aromatic carbocycles. The van der Waals surface area contributed by atoms with Crippen LogP contribution in [0.15, 0.2) is 18.2 Å². The Labute approximate surface area is 155 Å². The summed E-state index contributed by atoms with van der Waals surface area (Å²) in [4.78, 5) is 24.1. The minimum Gasteiger partial charge on any atom is -0.465 e. The van der Waals surface area contributed by atoms with E-state index in [9.17, 15) is 22.8 Å². The van der Waals surface area contributed by atoms with E-state index in [4.69, 9.17) is 9.84 Å². The number of piperidine rings is 1. The van der Waals surface area contributed by atoms with Crippen molar-refractivity contribution in [3.8, 4) is 0 Å². The lowest BCUT2D eigenvalue weighted by molar-refractivity contribution is -0.137. The van der Waals surface area contributed by atoms with Crippen molar-refractivity contribution in [2.75, 3.05) is 25.0 Å². The van der Waals surface area contributed by atoms with Crippen LogP contribution >= 0.6 is 0 Å². The molecule has 1 aliphatic rings. The van der Waals surface area contributed by atoms with Crippen LogP contribution in [-0.2, 0) is 10.9 Å². The lowest BCUT2D eigenvalue weighted by Crippen LogP contribution is -2.41. The summed E-state index contributed by atoms with van der Waals surface area (Å²) in [5, 5.41) is 11.9. The van der Waals surface area contributed by atoms with Crippen molar-refractivity contribution >= 4 is 17.7 Å². The van der Waals surface area contributed by atoms with Crippen LogP contribution in [0.4, 0.5) is 23.7 Å². The topological polar surface area (TPSA) is 78.9 Å². The van der Waals surface area contributed by atoms with Crippen molar-refractivity contribution in [3.05, 3.63) is 29.3 Å². The molecule has 0 aromatic heterocycles. The van der Waals surface area contributed by atoms with E-state index in [1.54, 1.807) is 13.8 Å². The summed E-state index contributed by atoms with van der Waals surface area (Å²) in [5.41, 5.74) is -0.994. The summed E-state index contributed by atoms with van der Waals surface area (Å²) in [6.07, 6.45) is -4.45. The number of ether oxygens (including phenoxy) is 1. The van der Waals surface area contributed by atoms with E-state index in [1.807, 2.05) is 0 Å². The maximum atomic E-state index is 13.3. The van der Waals surface area contributed by atoms with Gasteiger partial charge < -0.3 is 20.1 Å². The second-order valence-electron chi connectivity index (χ2n) is 6.52. The third-order valence-electron chi connectivity index (χ3n) is 4.74. The zero-order chi connectivity index (χ0) is 20.2. The van der Waals surface area contributed by atoms with Crippen LogP contribution in [0.1, 0.15) is 42.6 Å². The Morgan fingerprint density at radius 3 is 2.48 bits per heavy atom. The van der Waals surface area contributed by atoms with Crippen molar-refractivity contribution in [2.45, 2.75) is 38.9 Å². The SMILES string of the molecule is CCOC(=O)c1ccc(C(F)(F)F)c(N[C@@H](C)C2CCN(C(=O)O)CC2)c1. The molecule has 27 heavy (non-hydrogen) atoms. The third kappa shape index (κ3) is 5.27. The molecule has 2 N–H and O–H groups in total. The van der Waals surface area contributed by atoms with E-state index in [-0.39, 0.29) is 29.8 Å². The van der Waals surface area contributed by atoms with Crippen LogP contribution < -0.4 is 5.32 Å². The van der Waals surface area contributed by atoms with E-state index in [2.05, 4.69) is 5.32 Å². The maximum Gasteiger partial charge on any atom is 0.418 e. The molecule has 1 amide bonds. The molecule has 1 aromatic rings. The Morgan fingerprint density at radius 1 is 1.33 bits per heavy atom. The van der Waals surface area contributed by atoms with Crippen LogP contribution in [0.25, 0.3) is 0 Å². The molecule has 6 nitrogen and oxygen atoms in total. The Hall–Kier alpha value is -2.45. The first-order valence-electron chi connectivity index (χ1n) is 8.76. The third-order valence-corrected chi connectivity index (χ3v) is 4.74. The second kappa shape index (κ2) is 8.49. The van der Waals surface area contributed by atoms with Crippen LogP contribution in [0.2, 0.25) is 0 Å². The monoisotopic (exact) mass is 388 g/mol. The molecular formula is C18H23F3N2O4. The lowest BCUT2D eigenvalue weighted by Gasteiger charge is -2.34. The highest BCUT2D eigenvalue weighted by Crippen LogP contribution is 2.36. The predicted molar refractivity (Wildman–Crippen MR) is 92.8 cm³/mol. The number of nitrogens with zero attached hydrogens (tertiary/aromatic N) is 1. The summed E-state index contributed by atoms with van der Waals surface area (Å²) in [6.45, 7) is 4.20. The molecule has 1 atom stereocenters. The fraction of sp³-hybridized carbons (Fsp3) is 0.556. The zero-order valence-corrected chi connectivity index (χ0v) is 15.2. The van der Waals surface area contributed by atoms with Crippen LogP contribution in [0.5, 0.6) is 0 Å². The van der Waals surface area contributed by atoms with Gasteiger partial charge in [0.25, 0.3) is 0 Å². The number of halogens is 3. The largest absolute Gasteiger partial charge is 0.465 e. The Morgan fingerprint density at radius 2 is 1.96 bits per heavy atom. The number of alkyl halides is 3. The molecule has 0 unspecified atom stereocenters. The number of carbonyl (C=O) groups is 2. The van der Waals surface area contributed by atoms with Gasteiger partial charge in [0, 0.05) is 24.8 Å². The van der Waals surface area contributed by atoms with Crippen LogP contribution in [0.3, 0.4) is 0 Å². The minimum atomic E-state index is -4.57. The van der Waals surface area contributed by atoms with E-state index >= 15 is 0 Å². The molecule has 150 valence electrons. The summed E-state index contributed by atoms with van der Waals surface area (Å²) in [6, 6.07) is 2.81. The van der Waals surface area contributed by atoms with Gasteiger partial charge >= 0.3 is 18.2 Å². The first-order chi connectivity index (χ1) is 12.6. The molecule has 1 fully saturated rings. The van der Waals surface area contributed by atoms with Gasteiger partial charge in [-0.1, -0.05) is 0 Å². The maximum absolute atomic E-state index is 13.3. The van der Waals surface area contributed by atoms with E-state index < -0.39 is 23.8 Å². The normalized spacial score (nSPS) is 16.7. The first kappa shape index (κ1) is 20.9. The van der Waals surface area contributed by atoms with Crippen molar-refractivity contribution < 1.29 is 32.6 Å². The van der Waals surface area contributed by atoms with Gasteiger partial charge in [0.05, 0.1) is 17.7 Å². The quantitative estimate of drug-likeness (QED) is 0.744. The van der Waals surface area contributed by atoms with Crippen LogP contribution in [-0.4, -0.2) is 47.8 Å². The number of benzene rings is 1. The molecule has 0 aliphatic carbocycles. The first-order valence-corrected chi connectivity index (χ1v) is 8.76. The molecule has 2 rings (SSSR count). The number of esters is 1. The van der Waals surface area contributed by atoms with Gasteiger partial charge in [-0.05, 0) is 50.8 Å². The van der Waals surface area contributed by atoms with Gasteiger partial charge in [0.15, 0.2) is 0 Å². The van der Waals surface area contributed by atoms with Gasteiger partial charge in [-0.15, -0.1) is 0 Å². The lowest BCUT2D eigenvalue weighted by atomic mass is 9.90. The predicted octanol–water partition coefficient (Wildman–Crippen LogP) is 4.07. The number of rotatable bonds is 5. The van der Waals surface area contributed by atoms with Crippen molar-refractivity contribution in [2.24, 2.45) is 5.92 Å². The highest BCUT2D eigenvalue weighted by Gasteiger charge is 2.35. The van der Waals surface area contributed by atoms with Gasteiger partial charge in [-0.3, -0.25) is 0 Å². The minimum absolute atomic E-state index is 0.0212. The number of hydrogen-bond acceptors (Lipinski definition) is 4. The fourth-order valence-electron chi connectivity index (χ4n) is 3.21. The number of nitrogens with one attached hydrogen (secondary N) is 1. The molecular weight excluding hydrogens is 365 g/mol. The molecule has 0 spiro atoms. The fourth-order valence-corrected chi connectivity index (χ4v) is 3.21. The summed E-state index contributed by atoms with van der Waals surface area (Å²) in [5.74, 6) is -0.662. The Balaban J connectivity index is 2.18. The van der Waals surface area contributed by atoms with E-state index in [0.717, 1.165) is 18.2 Å². The molecule has 0 radical (unpaired) electrons. The number of anilines is 1. The zero-order valence-electron chi connectivity index (χ0n) is 15.2. The van der Waals surface area contributed by atoms with Crippen molar-refractivity contribution in [1.29, 1.82) is 0 Å². The highest BCUT2D eigenvalue weighted by atomic mass is 19.4. The van der Waals surface area contributed by atoms with Crippen molar-refractivity contribution in [1.82, 2.24) is 4.90 Å². The van der Waals surface area contributed by atoms with E-state index in [1.165, 1.54) is 4.90 Å². The standard InChI is InChI=1S/C18H23F3N2O4/c1-3-27-16(24)13-4-5-14(18(19,20)21)15(10-13)22-11(2)12-6-8-23(9-7-12)17(25)26/h4-5,10-12,22H,3,6-9H2,1-2H3,(H,25,26)/t11-/m0/s1. The number of carboxylic acid groups (broad SMARTS) is 1. The summed E-state index contributed by atoms with van der Waals surface area (Å²) >= 11 is 0. The number of likely N-dealkylation sites (tertiary alicyclic amines) is 1. The van der Waals surface area contributed by atoms with Gasteiger partial charge in [-0.2, -0.15) is 13.2 Å². The average molecular weight is 388 g/mol. The van der Waals surface area contributed by atoms with Gasteiger partial charge in [0.1, 0.15) is 0 Å². The summed E-state index contributed by atoms with van der Waals surface area (Å²) in [7, 11) is 0. The molecule has 1 heterocycles. The molecule has 1 aliphatic heterocycles. The average Bonchev–Trinajstić information content (AvgIpc) is 2.61. The number of hydrogen-bond donors (Lipinski definition) is 2. The number of carbonyl (C=O) groups excluding carboxylic acids is 1. The summed E-state index contributed by atoms with van der Waals surface area (Å²) < 4.78 is 44.9. The molecule has 0 bridgehead atoms. The second-order valence-corrected chi connectivity index (χ2v) is 6.52. The number of amides is 1. The smallest absolute Gasteiger partial charge is 0.418 e. The molecule has 1 saturated heterocycles. The molecule has 9 heteroatoms. The Bertz CT molecular complexity index is 686. The van der Waals surface area contributed by atoms with Crippen molar-refractivity contribution in [3.63, 3.8) is 0 Å². The Kier molecular flexibility index (Phi) is 6.56.